The van der Waals surface area contributed by atoms with E-state index in [-0.39, 0.29) is 24.4 Å². The van der Waals surface area contributed by atoms with Crippen molar-refractivity contribution in [1.82, 2.24) is 10.2 Å². The van der Waals surface area contributed by atoms with Crippen molar-refractivity contribution >= 4 is 5.91 Å². The Morgan fingerprint density at radius 1 is 1.30 bits per heavy atom. The van der Waals surface area contributed by atoms with Crippen LogP contribution in [0.3, 0.4) is 0 Å². The number of nitrogens with zero attached hydrogens (tertiary/aromatic N) is 1. The molecule has 142 valence electrons. The summed E-state index contributed by atoms with van der Waals surface area (Å²) in [5.74, 6) is 0.159. The molecule has 2 aliphatic heterocycles. The summed E-state index contributed by atoms with van der Waals surface area (Å²) in [4.78, 5) is 14.3. The van der Waals surface area contributed by atoms with Crippen molar-refractivity contribution in [2.24, 2.45) is 0 Å². The van der Waals surface area contributed by atoms with Crippen LogP contribution in [0.2, 0.25) is 0 Å². The number of fused-ring (bicyclic) bond motifs is 1. The van der Waals surface area contributed by atoms with Crippen molar-refractivity contribution in [1.29, 1.82) is 0 Å². The van der Waals surface area contributed by atoms with Crippen LogP contribution < -0.4 is 10.1 Å². The molecule has 2 aliphatic rings. The van der Waals surface area contributed by atoms with Crippen molar-refractivity contribution in [2.45, 2.75) is 24.6 Å². The molecule has 0 aromatic heterocycles. The highest BCUT2D eigenvalue weighted by molar-refractivity contribution is 5.79. The van der Waals surface area contributed by atoms with Crippen molar-refractivity contribution < 1.29 is 18.7 Å². The van der Waals surface area contributed by atoms with E-state index in [1.165, 1.54) is 12.1 Å². The average Bonchev–Trinajstić information content (AvgIpc) is 2.70. The van der Waals surface area contributed by atoms with Crippen LogP contribution in [0.15, 0.2) is 48.5 Å². The molecule has 0 aliphatic carbocycles. The van der Waals surface area contributed by atoms with Crippen LogP contribution in [0, 0.1) is 5.82 Å². The molecule has 4 rings (SSSR count). The van der Waals surface area contributed by atoms with E-state index in [0.29, 0.717) is 18.8 Å². The summed E-state index contributed by atoms with van der Waals surface area (Å²) >= 11 is 0. The maximum Gasteiger partial charge on any atom is 0.246 e. The molecule has 2 aromatic rings. The van der Waals surface area contributed by atoms with Gasteiger partial charge < -0.3 is 14.8 Å². The molecule has 27 heavy (non-hydrogen) atoms. The third-order valence-electron chi connectivity index (χ3n) is 5.51. The topological polar surface area (TPSA) is 50.8 Å². The minimum Gasteiger partial charge on any atom is -0.496 e. The zero-order valence-electron chi connectivity index (χ0n) is 15.3. The Labute approximate surface area is 158 Å². The average molecular weight is 370 g/mol. The van der Waals surface area contributed by atoms with Crippen molar-refractivity contribution in [3.8, 4) is 5.75 Å². The number of methoxy groups -OCH3 is 1. The van der Waals surface area contributed by atoms with Gasteiger partial charge in [0, 0.05) is 31.3 Å². The van der Waals surface area contributed by atoms with Gasteiger partial charge in [-0.05, 0) is 18.1 Å². The Morgan fingerprint density at radius 2 is 2.11 bits per heavy atom. The number of hydrogen-bond acceptors (Lipinski definition) is 4. The lowest BCUT2D eigenvalue weighted by atomic mass is 9.77. The summed E-state index contributed by atoms with van der Waals surface area (Å²) in [7, 11) is 1.55. The molecule has 1 N–H and O–H groups in total. The van der Waals surface area contributed by atoms with E-state index >= 15 is 0 Å². The number of hydrogen-bond donors (Lipinski definition) is 1. The highest BCUT2D eigenvalue weighted by atomic mass is 19.1. The molecule has 2 saturated heterocycles. The maximum atomic E-state index is 13.5. The fraction of sp³-hybridized carbons (Fsp3) is 0.381. The van der Waals surface area contributed by atoms with Crippen molar-refractivity contribution in [2.75, 3.05) is 26.8 Å². The third-order valence-corrected chi connectivity index (χ3v) is 5.51. The van der Waals surface area contributed by atoms with Crippen LogP contribution in [-0.4, -0.2) is 43.7 Å². The van der Waals surface area contributed by atoms with Gasteiger partial charge in [0.2, 0.25) is 5.91 Å². The quantitative estimate of drug-likeness (QED) is 0.898. The highest BCUT2D eigenvalue weighted by Crippen LogP contribution is 2.37. The number of amides is 1. The zero-order chi connectivity index (χ0) is 18.9. The molecule has 5 nitrogen and oxygen atoms in total. The van der Waals surface area contributed by atoms with Crippen molar-refractivity contribution in [3.63, 3.8) is 0 Å². The summed E-state index contributed by atoms with van der Waals surface area (Å²) in [6.45, 7) is 2.18. The second-order valence-corrected chi connectivity index (χ2v) is 7.13. The molecule has 2 heterocycles. The normalized spacial score (nSPS) is 25.6. The van der Waals surface area contributed by atoms with Gasteiger partial charge in [-0.2, -0.15) is 0 Å². The van der Waals surface area contributed by atoms with Gasteiger partial charge in [-0.1, -0.05) is 36.4 Å². The fourth-order valence-corrected chi connectivity index (χ4v) is 4.15. The van der Waals surface area contributed by atoms with Crippen LogP contribution in [0.25, 0.3) is 0 Å². The van der Waals surface area contributed by atoms with E-state index in [9.17, 15) is 9.18 Å². The SMILES string of the molecule is COc1cc(F)ccc1CN1CC[C@@]2(c3ccccc3)NC(=O)CO[C@@H]2C1. The summed E-state index contributed by atoms with van der Waals surface area (Å²) in [5, 5.41) is 3.20. The molecule has 0 bridgehead atoms. The number of halogens is 1. The number of ether oxygens (including phenoxy) is 2. The first-order chi connectivity index (χ1) is 13.1. The Kier molecular flexibility index (Phi) is 4.85. The third kappa shape index (κ3) is 3.42. The fourth-order valence-electron chi connectivity index (χ4n) is 4.15. The van der Waals surface area contributed by atoms with Crippen molar-refractivity contribution in [3.05, 3.63) is 65.5 Å². The maximum absolute atomic E-state index is 13.5. The van der Waals surface area contributed by atoms with Crippen LogP contribution >= 0.6 is 0 Å². The Hall–Kier alpha value is -2.44. The number of benzene rings is 2. The van der Waals surface area contributed by atoms with Crippen LogP contribution in [0.5, 0.6) is 5.75 Å². The van der Waals surface area contributed by atoms with E-state index < -0.39 is 5.54 Å². The van der Waals surface area contributed by atoms with E-state index in [1.54, 1.807) is 13.2 Å². The molecular weight excluding hydrogens is 347 g/mol. The highest BCUT2D eigenvalue weighted by Gasteiger charge is 2.48. The second kappa shape index (κ2) is 7.29. The zero-order valence-corrected chi connectivity index (χ0v) is 15.3. The summed E-state index contributed by atoms with van der Waals surface area (Å²) in [6, 6.07) is 14.6. The van der Waals surface area contributed by atoms with Gasteiger partial charge in [-0.15, -0.1) is 0 Å². The van der Waals surface area contributed by atoms with Crippen LogP contribution in [-0.2, 0) is 21.6 Å². The van der Waals surface area contributed by atoms with Gasteiger partial charge >= 0.3 is 0 Å². The first-order valence-electron chi connectivity index (χ1n) is 9.13. The molecule has 0 radical (unpaired) electrons. The van der Waals surface area contributed by atoms with Gasteiger partial charge in [-0.25, -0.2) is 4.39 Å². The number of morpholine rings is 1. The standard InChI is InChI=1S/C21H23FN2O3/c1-26-18-11-17(22)8-7-15(18)12-24-10-9-21(16-5-3-2-4-6-16)19(13-24)27-14-20(25)23-21/h2-8,11,19H,9-10,12-14H2,1H3,(H,23,25)/t19-,21+/m1/s1. The smallest absolute Gasteiger partial charge is 0.246 e. The number of carbonyl (C=O) groups is 1. The minimum atomic E-state index is -0.500. The predicted molar refractivity (Wildman–Crippen MR) is 98.8 cm³/mol. The van der Waals surface area contributed by atoms with E-state index in [1.807, 2.05) is 30.3 Å². The second-order valence-electron chi connectivity index (χ2n) is 7.13. The number of nitrogens with one attached hydrogen (secondary N) is 1. The van der Waals surface area contributed by atoms with Crippen LogP contribution in [0.4, 0.5) is 4.39 Å². The molecule has 0 spiro atoms. The summed E-state index contributed by atoms with van der Waals surface area (Å²) in [5.41, 5.74) is 1.51. The Morgan fingerprint density at radius 3 is 2.89 bits per heavy atom. The van der Waals surface area contributed by atoms with E-state index in [0.717, 1.165) is 24.1 Å². The van der Waals surface area contributed by atoms with Gasteiger partial charge in [-0.3, -0.25) is 9.69 Å². The van der Waals surface area contributed by atoms with Gasteiger partial charge in [0.15, 0.2) is 0 Å². The van der Waals surface area contributed by atoms with Gasteiger partial charge in [0.25, 0.3) is 0 Å². The summed E-state index contributed by atoms with van der Waals surface area (Å²) in [6.07, 6.45) is 0.606. The van der Waals surface area contributed by atoms with Gasteiger partial charge in [0.05, 0.1) is 18.8 Å². The number of carbonyl (C=O) groups excluding carboxylic acids is 1. The lowest BCUT2D eigenvalue weighted by Gasteiger charge is -2.50. The number of piperidine rings is 1. The lowest BCUT2D eigenvalue weighted by molar-refractivity contribution is -0.152. The first-order valence-corrected chi connectivity index (χ1v) is 9.13. The summed E-state index contributed by atoms with van der Waals surface area (Å²) < 4.78 is 24.7. The Bertz CT molecular complexity index is 829. The molecular formula is C21H23FN2O3. The lowest BCUT2D eigenvalue weighted by Crippen LogP contribution is -2.66. The molecule has 6 heteroatoms. The molecule has 0 unspecified atom stereocenters. The Balaban J connectivity index is 1.56. The largest absolute Gasteiger partial charge is 0.496 e. The molecule has 2 aromatic carbocycles. The minimum absolute atomic E-state index is 0.0763. The van der Waals surface area contributed by atoms with Gasteiger partial charge in [0.1, 0.15) is 18.2 Å². The van der Waals surface area contributed by atoms with E-state index in [4.69, 9.17) is 9.47 Å². The van der Waals surface area contributed by atoms with E-state index in [2.05, 4.69) is 10.2 Å². The molecule has 1 amide bonds. The van der Waals surface area contributed by atoms with Crippen LogP contribution in [0.1, 0.15) is 17.5 Å². The number of rotatable bonds is 4. The molecule has 2 atom stereocenters. The molecule has 0 saturated carbocycles. The molecule has 2 fully saturated rings. The predicted octanol–water partition coefficient (Wildman–Crippen LogP) is 2.45. The first kappa shape index (κ1) is 17.9. The number of likely N-dealkylation sites (tertiary alicyclic amines) is 1. The monoisotopic (exact) mass is 370 g/mol.